The number of carbonyl (C=O) groups excluding carboxylic acids is 3. The van der Waals surface area contributed by atoms with Crippen LogP contribution in [0, 0.1) is 5.92 Å². The van der Waals surface area contributed by atoms with Crippen molar-refractivity contribution in [2.24, 2.45) is 5.92 Å². The number of amides is 1. The number of fused-ring (bicyclic) bond motifs is 1. The van der Waals surface area contributed by atoms with Gasteiger partial charge in [-0.1, -0.05) is 32.0 Å². The van der Waals surface area contributed by atoms with Crippen molar-refractivity contribution in [1.82, 2.24) is 9.88 Å². The Kier molecular flexibility index (Phi) is 6.72. The van der Waals surface area contributed by atoms with Gasteiger partial charge in [-0.15, -0.1) is 0 Å². The number of nitrogens with zero attached hydrogens (tertiary/aromatic N) is 1. The van der Waals surface area contributed by atoms with Crippen LogP contribution in [-0.4, -0.2) is 47.5 Å². The van der Waals surface area contributed by atoms with Gasteiger partial charge >= 0.3 is 12.1 Å². The molecule has 0 bridgehead atoms. The smallest absolute Gasteiger partial charge is 0.410 e. The summed E-state index contributed by atoms with van der Waals surface area (Å²) in [6.07, 6.45) is 0.0718. The Morgan fingerprint density at radius 1 is 1.14 bits per heavy atom. The average molecular weight is 402 g/mol. The van der Waals surface area contributed by atoms with E-state index in [2.05, 4.69) is 9.72 Å². The molecule has 0 fully saturated rings. The van der Waals surface area contributed by atoms with Crippen LogP contribution < -0.4 is 0 Å². The molecule has 1 amide bonds. The lowest BCUT2D eigenvalue weighted by molar-refractivity contribution is -0.135. The number of ether oxygens (including phenoxy) is 2. The van der Waals surface area contributed by atoms with Crippen LogP contribution in [0.25, 0.3) is 10.9 Å². The number of aromatic amines is 1. The van der Waals surface area contributed by atoms with Crippen molar-refractivity contribution >= 4 is 28.7 Å². The highest BCUT2D eigenvalue weighted by Crippen LogP contribution is 2.34. The number of para-hydroxylation sites is 1. The Morgan fingerprint density at radius 2 is 1.76 bits per heavy atom. The van der Waals surface area contributed by atoms with Gasteiger partial charge in [0.15, 0.2) is 0 Å². The third kappa shape index (κ3) is 5.16. The van der Waals surface area contributed by atoms with Gasteiger partial charge in [0.25, 0.3) is 5.78 Å². The summed E-state index contributed by atoms with van der Waals surface area (Å²) in [5, 5.41) is 0.615. The molecule has 0 saturated heterocycles. The molecule has 7 nitrogen and oxygen atoms in total. The topological polar surface area (TPSA) is 88.7 Å². The first-order chi connectivity index (χ1) is 13.5. The molecule has 0 aliphatic heterocycles. The minimum atomic E-state index is -0.945. The van der Waals surface area contributed by atoms with Gasteiger partial charge in [0.2, 0.25) is 0 Å². The van der Waals surface area contributed by atoms with Crippen LogP contribution in [0.1, 0.15) is 63.1 Å². The standard InChI is InChI=1S/C22H30N2O5/c1-13(2)12-16(24(6)21(27)29-22(3,4)5)18-17(19(25)20(26)28-7)14-10-8-9-11-15(14)23-18/h8-11,13,16,23H,12H2,1-7H3/t16-/m0/s1. The lowest BCUT2D eigenvalue weighted by Crippen LogP contribution is -2.38. The van der Waals surface area contributed by atoms with Gasteiger partial charge in [0.1, 0.15) is 5.60 Å². The van der Waals surface area contributed by atoms with E-state index in [1.165, 1.54) is 12.0 Å². The van der Waals surface area contributed by atoms with Crippen LogP contribution in [0.3, 0.4) is 0 Å². The van der Waals surface area contributed by atoms with Crippen molar-refractivity contribution in [3.63, 3.8) is 0 Å². The summed E-state index contributed by atoms with van der Waals surface area (Å²) in [6, 6.07) is 6.74. The van der Waals surface area contributed by atoms with E-state index in [1.54, 1.807) is 40.0 Å². The van der Waals surface area contributed by atoms with Crippen molar-refractivity contribution in [1.29, 1.82) is 0 Å². The van der Waals surface area contributed by atoms with Gasteiger partial charge in [-0.25, -0.2) is 9.59 Å². The molecule has 0 aliphatic carbocycles. The molecule has 1 aromatic carbocycles. The maximum atomic E-state index is 12.9. The van der Waals surface area contributed by atoms with Gasteiger partial charge in [-0.3, -0.25) is 4.79 Å². The van der Waals surface area contributed by atoms with Crippen molar-refractivity contribution < 1.29 is 23.9 Å². The number of hydrogen-bond acceptors (Lipinski definition) is 5. The van der Waals surface area contributed by atoms with Gasteiger partial charge < -0.3 is 19.4 Å². The molecule has 7 heteroatoms. The Hall–Kier alpha value is -2.83. The maximum Gasteiger partial charge on any atom is 0.410 e. The van der Waals surface area contributed by atoms with Gasteiger partial charge in [-0.2, -0.15) is 0 Å². The van der Waals surface area contributed by atoms with Gasteiger partial charge in [0.05, 0.1) is 24.4 Å². The zero-order valence-corrected chi connectivity index (χ0v) is 18.2. The molecule has 158 valence electrons. The SMILES string of the molecule is COC(=O)C(=O)c1c([C@H](CC(C)C)N(C)C(=O)OC(C)(C)C)[nH]c2ccccc12. The van der Waals surface area contributed by atoms with E-state index >= 15 is 0 Å². The number of benzene rings is 1. The summed E-state index contributed by atoms with van der Waals surface area (Å²) in [6.45, 7) is 9.45. The summed E-state index contributed by atoms with van der Waals surface area (Å²) < 4.78 is 10.2. The first-order valence-corrected chi connectivity index (χ1v) is 9.65. The largest absolute Gasteiger partial charge is 0.463 e. The quantitative estimate of drug-likeness (QED) is 0.437. The molecule has 1 aromatic heterocycles. The summed E-state index contributed by atoms with van der Waals surface area (Å²) in [5.74, 6) is -1.47. The molecule has 0 spiro atoms. The predicted octanol–water partition coefficient (Wildman–Crippen LogP) is 4.48. The summed E-state index contributed by atoms with van der Waals surface area (Å²) in [5.41, 5.74) is 0.789. The van der Waals surface area contributed by atoms with Crippen LogP contribution >= 0.6 is 0 Å². The summed E-state index contributed by atoms with van der Waals surface area (Å²) >= 11 is 0. The molecule has 1 atom stereocenters. The zero-order valence-electron chi connectivity index (χ0n) is 18.2. The highest BCUT2D eigenvalue weighted by molar-refractivity contribution is 6.43. The van der Waals surface area contributed by atoms with E-state index in [9.17, 15) is 14.4 Å². The average Bonchev–Trinajstić information content (AvgIpc) is 3.01. The lowest BCUT2D eigenvalue weighted by atomic mass is 9.95. The molecule has 0 radical (unpaired) electrons. The van der Waals surface area contributed by atoms with E-state index in [0.717, 1.165) is 0 Å². The Balaban J connectivity index is 2.62. The van der Waals surface area contributed by atoms with Crippen molar-refractivity contribution in [2.75, 3.05) is 14.2 Å². The number of Topliss-reactive ketones (excluding diaryl/α,β-unsaturated/α-hetero) is 1. The first kappa shape index (κ1) is 22.5. The third-order valence-electron chi connectivity index (χ3n) is 4.51. The van der Waals surface area contributed by atoms with E-state index in [-0.39, 0.29) is 11.5 Å². The van der Waals surface area contributed by atoms with Gasteiger partial charge in [-0.05, 0) is 39.2 Å². The van der Waals surface area contributed by atoms with Crippen LogP contribution in [-0.2, 0) is 14.3 Å². The Labute approximate surface area is 171 Å². The Morgan fingerprint density at radius 3 is 2.31 bits per heavy atom. The minimum Gasteiger partial charge on any atom is -0.463 e. The van der Waals surface area contributed by atoms with E-state index in [4.69, 9.17) is 4.74 Å². The van der Waals surface area contributed by atoms with Crippen LogP contribution in [0.5, 0.6) is 0 Å². The first-order valence-electron chi connectivity index (χ1n) is 9.65. The lowest BCUT2D eigenvalue weighted by Gasteiger charge is -2.31. The van der Waals surface area contributed by atoms with Crippen molar-refractivity contribution in [3.05, 3.63) is 35.5 Å². The number of nitrogens with one attached hydrogen (secondary N) is 1. The molecule has 1 N–H and O–H groups in total. The third-order valence-corrected chi connectivity index (χ3v) is 4.51. The van der Waals surface area contributed by atoms with Crippen molar-refractivity contribution in [2.45, 2.75) is 52.7 Å². The zero-order chi connectivity index (χ0) is 21.9. The fourth-order valence-corrected chi connectivity index (χ4v) is 3.23. The predicted molar refractivity (Wildman–Crippen MR) is 111 cm³/mol. The molecule has 2 rings (SSSR count). The molecular weight excluding hydrogens is 372 g/mol. The van der Waals surface area contributed by atoms with Gasteiger partial charge in [0, 0.05) is 18.0 Å². The number of aromatic nitrogens is 1. The normalized spacial score (nSPS) is 12.7. The maximum absolute atomic E-state index is 12.9. The molecule has 1 heterocycles. The molecule has 0 aliphatic rings. The minimum absolute atomic E-state index is 0.220. The monoisotopic (exact) mass is 402 g/mol. The molecule has 29 heavy (non-hydrogen) atoms. The molecule has 0 unspecified atom stereocenters. The number of ketones is 1. The molecule has 2 aromatic rings. The second-order valence-corrected chi connectivity index (χ2v) is 8.52. The number of hydrogen-bond donors (Lipinski definition) is 1. The number of rotatable bonds is 6. The number of methoxy groups -OCH3 is 1. The number of H-pyrrole nitrogens is 1. The summed E-state index contributed by atoms with van der Waals surface area (Å²) in [4.78, 5) is 42.4. The molecular formula is C22H30N2O5. The van der Waals surface area contributed by atoms with E-state index < -0.39 is 29.5 Å². The van der Waals surface area contributed by atoms with Crippen LogP contribution in [0.4, 0.5) is 4.79 Å². The summed E-state index contributed by atoms with van der Waals surface area (Å²) in [7, 11) is 2.81. The van der Waals surface area contributed by atoms with Crippen LogP contribution in [0.15, 0.2) is 24.3 Å². The number of esters is 1. The highest BCUT2D eigenvalue weighted by Gasteiger charge is 2.34. The van der Waals surface area contributed by atoms with Crippen molar-refractivity contribution in [3.8, 4) is 0 Å². The second kappa shape index (κ2) is 8.68. The Bertz CT molecular complexity index is 908. The highest BCUT2D eigenvalue weighted by atomic mass is 16.6. The second-order valence-electron chi connectivity index (χ2n) is 8.52. The number of carbonyl (C=O) groups is 3. The van der Waals surface area contributed by atoms with Crippen LogP contribution in [0.2, 0.25) is 0 Å². The molecule has 0 saturated carbocycles. The fourth-order valence-electron chi connectivity index (χ4n) is 3.23. The fraction of sp³-hybridized carbons (Fsp3) is 0.500. The van der Waals surface area contributed by atoms with E-state index in [1.807, 2.05) is 26.0 Å². The van der Waals surface area contributed by atoms with E-state index in [0.29, 0.717) is 23.0 Å².